The summed E-state index contributed by atoms with van der Waals surface area (Å²) in [5.41, 5.74) is 0.496. The summed E-state index contributed by atoms with van der Waals surface area (Å²) in [7, 11) is -15.5. The lowest BCUT2D eigenvalue weighted by molar-refractivity contribution is 0.0696. The summed E-state index contributed by atoms with van der Waals surface area (Å²) in [6.07, 6.45) is -0.987. The van der Waals surface area contributed by atoms with E-state index in [-0.39, 0.29) is 34.1 Å². The number of nitrogens with zero attached hydrogens (tertiary/aromatic N) is 5. The van der Waals surface area contributed by atoms with E-state index >= 15 is 0 Å². The predicted octanol–water partition coefficient (Wildman–Crippen LogP) is 5.28. The normalized spacial score (nSPS) is 14.8. The van der Waals surface area contributed by atoms with Gasteiger partial charge in [0.05, 0.1) is 38.8 Å². The lowest BCUT2D eigenvalue weighted by atomic mass is 10.1. The van der Waals surface area contributed by atoms with Gasteiger partial charge in [-0.15, -0.1) is 0 Å². The molecule has 0 bridgehead atoms. The fourth-order valence-electron chi connectivity index (χ4n) is 5.26. The number of carboxylic acid groups (broad SMARTS) is 2. The molecule has 26 heteroatoms. The van der Waals surface area contributed by atoms with E-state index in [4.69, 9.17) is 0 Å². The summed E-state index contributed by atoms with van der Waals surface area (Å²) in [6.45, 7) is 0. The van der Waals surface area contributed by atoms with Gasteiger partial charge in [-0.05, 0) is 91.0 Å². The summed E-state index contributed by atoms with van der Waals surface area (Å²) in [5.74, 6) is -2.62. The predicted molar refractivity (Wildman–Crippen MR) is 205 cm³/mol. The SMILES string of the molecule is O=C1NC(Nc2ccc(N=Nc3cc(C(=O)O)cc(C(=O)O)c3)cc2)=NC(Nc2ccc(N=Nc3cc(S(=O)(=O)O)c4cc(S(=O)(=O)O)cc(S(=O)(=O)O)c4c3)cc2)N1. The average molecular weight is 868 g/mol. The van der Waals surface area contributed by atoms with Gasteiger partial charge in [0.2, 0.25) is 12.2 Å². The summed E-state index contributed by atoms with van der Waals surface area (Å²) in [4.78, 5) is 36.3. The van der Waals surface area contributed by atoms with E-state index in [9.17, 15) is 63.5 Å². The maximum atomic E-state index is 12.4. The number of fused-ring (bicyclic) bond motifs is 1. The Hall–Kier alpha value is -7.23. The van der Waals surface area contributed by atoms with Crippen LogP contribution >= 0.6 is 0 Å². The number of urea groups is 1. The molecule has 23 nitrogen and oxygen atoms in total. The summed E-state index contributed by atoms with van der Waals surface area (Å²) < 4.78 is 101. The largest absolute Gasteiger partial charge is 0.478 e. The van der Waals surface area contributed by atoms with Gasteiger partial charge in [-0.25, -0.2) is 19.4 Å². The van der Waals surface area contributed by atoms with Gasteiger partial charge in [-0.1, -0.05) is 0 Å². The van der Waals surface area contributed by atoms with Crippen molar-refractivity contribution in [2.75, 3.05) is 10.6 Å². The van der Waals surface area contributed by atoms with Crippen molar-refractivity contribution >= 4 is 99.2 Å². The zero-order valence-corrected chi connectivity index (χ0v) is 31.6. The molecule has 1 atom stereocenters. The van der Waals surface area contributed by atoms with Crippen molar-refractivity contribution in [2.24, 2.45) is 25.4 Å². The first-order valence-corrected chi connectivity index (χ1v) is 20.3. The number of aliphatic imine (C=N–C) groups is 1. The van der Waals surface area contributed by atoms with Crippen LogP contribution < -0.4 is 21.3 Å². The monoisotopic (exact) mass is 867 g/mol. The van der Waals surface area contributed by atoms with Crippen molar-refractivity contribution in [3.8, 4) is 0 Å². The van der Waals surface area contributed by atoms with E-state index in [0.29, 0.717) is 29.2 Å². The second kappa shape index (κ2) is 16.0. The van der Waals surface area contributed by atoms with Gasteiger partial charge in [-0.3, -0.25) is 24.3 Å². The number of anilines is 2. The smallest absolute Gasteiger partial charge is 0.335 e. The number of carboxylic acids is 2. The lowest BCUT2D eigenvalue weighted by Crippen LogP contribution is -2.54. The van der Waals surface area contributed by atoms with Crippen LogP contribution in [0.2, 0.25) is 0 Å². The van der Waals surface area contributed by atoms with Crippen LogP contribution in [0.25, 0.3) is 10.8 Å². The highest BCUT2D eigenvalue weighted by Gasteiger charge is 2.26. The molecule has 0 radical (unpaired) electrons. The van der Waals surface area contributed by atoms with Crippen molar-refractivity contribution in [3.05, 3.63) is 102 Å². The van der Waals surface area contributed by atoms with Gasteiger partial charge in [0.25, 0.3) is 30.4 Å². The van der Waals surface area contributed by atoms with Crippen LogP contribution in [0, 0.1) is 0 Å². The Bertz CT molecular complexity index is 2960. The number of benzene rings is 5. The van der Waals surface area contributed by atoms with E-state index in [1.165, 1.54) is 48.5 Å². The third-order valence-corrected chi connectivity index (χ3v) is 10.5. The molecule has 5 aromatic carbocycles. The molecule has 0 spiro atoms. The third kappa shape index (κ3) is 10.2. The number of carbonyl (C=O) groups excluding carboxylic acids is 1. The highest BCUT2D eigenvalue weighted by Crippen LogP contribution is 2.36. The van der Waals surface area contributed by atoms with Crippen molar-refractivity contribution in [1.29, 1.82) is 0 Å². The van der Waals surface area contributed by atoms with Crippen LogP contribution in [0.4, 0.5) is 38.9 Å². The van der Waals surface area contributed by atoms with E-state index in [1.54, 1.807) is 12.1 Å². The van der Waals surface area contributed by atoms with Crippen LogP contribution in [0.5, 0.6) is 0 Å². The van der Waals surface area contributed by atoms with E-state index in [2.05, 4.69) is 46.7 Å². The summed E-state index contributed by atoms with van der Waals surface area (Å²) in [5, 5.41) is 44.0. The Kier molecular flexibility index (Phi) is 11.2. The van der Waals surface area contributed by atoms with E-state index in [1.807, 2.05) is 0 Å². The number of rotatable bonds is 12. The van der Waals surface area contributed by atoms with Gasteiger partial charge in [0, 0.05) is 22.1 Å². The zero-order valence-electron chi connectivity index (χ0n) is 29.1. The Morgan fingerprint density at radius 3 is 1.58 bits per heavy atom. The fourth-order valence-corrected chi connectivity index (χ4v) is 7.31. The molecule has 1 aliphatic heterocycles. The first-order valence-electron chi connectivity index (χ1n) is 16.0. The van der Waals surface area contributed by atoms with Crippen LogP contribution in [-0.4, -0.2) is 79.3 Å². The van der Waals surface area contributed by atoms with E-state index in [0.717, 1.165) is 18.2 Å². The quantitative estimate of drug-likeness (QED) is 0.0568. The van der Waals surface area contributed by atoms with Crippen molar-refractivity contribution < 1.29 is 63.5 Å². The molecule has 0 fully saturated rings. The molecule has 59 heavy (non-hydrogen) atoms. The third-order valence-electron chi connectivity index (χ3n) is 7.84. The number of carbonyl (C=O) groups is 3. The minimum absolute atomic E-state index is 0.00818. The number of hydrogen-bond acceptors (Lipinski definition) is 16. The van der Waals surface area contributed by atoms with Crippen LogP contribution in [0.1, 0.15) is 20.7 Å². The van der Waals surface area contributed by atoms with Crippen LogP contribution in [0.15, 0.2) is 131 Å². The van der Waals surface area contributed by atoms with Gasteiger partial charge >= 0.3 is 18.0 Å². The standard InChI is InChI=1S/C33H25N9O14S3/c43-29(44)16-9-17(30(45)46)11-22(10-16)41-39-20-5-1-18(2-6-20)34-31-36-32(38-33(47)37-31)35-19-3-7-21(8-4-19)40-42-23-12-25-26(27(13-23)58(51,52)53)14-24(57(48,49)50)15-28(25)59(54,55)56/h1-15,32,35H,(H,43,44)(H,45,46)(H,48,49,50)(H,51,52,53)(H,54,55,56)(H3,34,36,37,38,47). The van der Waals surface area contributed by atoms with Gasteiger partial charge in [0.1, 0.15) is 9.79 Å². The molecule has 0 saturated heterocycles. The molecule has 0 aromatic heterocycles. The van der Waals surface area contributed by atoms with Gasteiger partial charge in [0.15, 0.2) is 0 Å². The minimum atomic E-state index is -5.22. The molecule has 1 aliphatic rings. The van der Waals surface area contributed by atoms with E-state index < -0.39 is 80.1 Å². The molecular formula is C33H25N9O14S3. The molecule has 2 amide bonds. The zero-order chi connectivity index (χ0) is 42.9. The fraction of sp³-hybridized carbons (Fsp3) is 0.0303. The van der Waals surface area contributed by atoms with Crippen LogP contribution in [-0.2, 0) is 30.4 Å². The molecule has 0 aliphatic carbocycles. The molecule has 5 aromatic rings. The number of hydrogen-bond donors (Lipinski definition) is 9. The number of amides is 2. The first-order chi connectivity index (χ1) is 27.6. The average Bonchev–Trinajstić information content (AvgIpc) is 3.15. The van der Waals surface area contributed by atoms with Gasteiger partial charge < -0.3 is 20.8 Å². The maximum Gasteiger partial charge on any atom is 0.335 e. The number of guanidine groups is 1. The minimum Gasteiger partial charge on any atom is -0.478 e. The second-order valence-corrected chi connectivity index (χ2v) is 16.2. The van der Waals surface area contributed by atoms with Gasteiger partial charge in [-0.2, -0.15) is 45.7 Å². The second-order valence-electron chi connectivity index (χ2n) is 12.0. The summed E-state index contributed by atoms with van der Waals surface area (Å²) >= 11 is 0. The Morgan fingerprint density at radius 2 is 1.07 bits per heavy atom. The Morgan fingerprint density at radius 1 is 0.593 bits per heavy atom. The number of aromatic carboxylic acids is 2. The Labute approximate surface area is 331 Å². The first kappa shape index (κ1) is 41.4. The van der Waals surface area contributed by atoms with Crippen molar-refractivity contribution in [1.82, 2.24) is 10.6 Å². The molecule has 9 N–H and O–H groups in total. The Balaban J connectivity index is 1.15. The molecule has 1 heterocycles. The molecule has 1 unspecified atom stereocenters. The highest BCUT2D eigenvalue weighted by molar-refractivity contribution is 7.87. The summed E-state index contributed by atoms with van der Waals surface area (Å²) in [6, 6.07) is 17.5. The number of nitrogens with one attached hydrogen (secondary N) is 4. The highest BCUT2D eigenvalue weighted by atomic mass is 32.2. The van der Waals surface area contributed by atoms with Crippen molar-refractivity contribution in [3.63, 3.8) is 0 Å². The van der Waals surface area contributed by atoms with Crippen LogP contribution in [0.3, 0.4) is 0 Å². The maximum absolute atomic E-state index is 12.4. The molecular weight excluding hydrogens is 843 g/mol. The lowest BCUT2D eigenvalue weighted by Gasteiger charge is -2.24. The number of azo groups is 2. The molecule has 6 rings (SSSR count). The van der Waals surface area contributed by atoms with Crippen molar-refractivity contribution in [2.45, 2.75) is 21.0 Å². The molecule has 304 valence electrons. The topological polar surface area (TPSA) is 365 Å². The molecule has 0 saturated carbocycles.